The van der Waals surface area contributed by atoms with E-state index < -0.39 is 11.7 Å². The molecule has 3 aromatic carbocycles. The number of carbonyl (C=O) groups is 2. The number of nitrogens with one attached hydrogen (secondary N) is 1. The normalized spacial score (nSPS) is 16.2. The lowest BCUT2D eigenvalue weighted by molar-refractivity contribution is -0.137. The van der Waals surface area contributed by atoms with E-state index in [9.17, 15) is 22.8 Å². The quantitative estimate of drug-likeness (QED) is 0.476. The lowest BCUT2D eigenvalue weighted by Crippen LogP contribution is -2.27. The van der Waals surface area contributed by atoms with Crippen molar-refractivity contribution in [3.8, 4) is 0 Å². The third-order valence-corrected chi connectivity index (χ3v) is 6.63. The molecule has 1 saturated heterocycles. The van der Waals surface area contributed by atoms with Gasteiger partial charge in [0.25, 0.3) is 5.91 Å². The maximum absolute atomic E-state index is 12.9. The lowest BCUT2D eigenvalue weighted by Gasteiger charge is -2.25. The van der Waals surface area contributed by atoms with E-state index in [1.165, 1.54) is 28.8 Å². The fourth-order valence-electron chi connectivity index (χ4n) is 3.59. The van der Waals surface area contributed by atoms with E-state index in [0.717, 1.165) is 29.7 Å². The van der Waals surface area contributed by atoms with E-state index in [4.69, 9.17) is 0 Å². The van der Waals surface area contributed by atoms with Crippen LogP contribution in [0.15, 0.2) is 72.8 Å². The van der Waals surface area contributed by atoms with Crippen LogP contribution in [0.1, 0.15) is 39.3 Å². The van der Waals surface area contributed by atoms with Gasteiger partial charge in [-0.1, -0.05) is 31.2 Å². The van der Waals surface area contributed by atoms with Gasteiger partial charge in [-0.25, -0.2) is 0 Å². The van der Waals surface area contributed by atoms with Crippen LogP contribution in [0, 0.1) is 0 Å². The Morgan fingerprint density at radius 2 is 1.64 bits per heavy atom. The van der Waals surface area contributed by atoms with Crippen LogP contribution in [0.3, 0.4) is 0 Å². The van der Waals surface area contributed by atoms with Crippen LogP contribution in [-0.2, 0) is 17.4 Å². The van der Waals surface area contributed by atoms with E-state index in [1.807, 2.05) is 31.2 Å². The summed E-state index contributed by atoms with van der Waals surface area (Å²) >= 11 is 1.40. The highest BCUT2D eigenvalue weighted by Gasteiger charge is 2.35. The number of aryl methyl sites for hydroxylation is 1. The summed E-state index contributed by atoms with van der Waals surface area (Å²) in [5.41, 5.74) is 2.79. The van der Waals surface area contributed by atoms with Crippen LogP contribution < -0.4 is 10.2 Å². The summed E-state index contributed by atoms with van der Waals surface area (Å²) in [6.07, 6.45) is -3.53. The van der Waals surface area contributed by atoms with E-state index in [-0.39, 0.29) is 22.9 Å². The molecule has 170 valence electrons. The van der Waals surface area contributed by atoms with Crippen LogP contribution in [0.4, 0.5) is 24.5 Å². The Balaban J connectivity index is 1.49. The summed E-state index contributed by atoms with van der Waals surface area (Å²) in [6.45, 7) is 2.05. The van der Waals surface area contributed by atoms with Gasteiger partial charge >= 0.3 is 6.18 Å². The fraction of sp³-hybridized carbons (Fsp3) is 0.200. The fourth-order valence-corrected chi connectivity index (χ4v) is 4.76. The van der Waals surface area contributed by atoms with Gasteiger partial charge in [0, 0.05) is 16.9 Å². The Morgan fingerprint density at radius 3 is 2.21 bits per heavy atom. The predicted octanol–water partition coefficient (Wildman–Crippen LogP) is 6.30. The Hall–Kier alpha value is -3.26. The number of rotatable bonds is 5. The maximum atomic E-state index is 12.9. The van der Waals surface area contributed by atoms with E-state index in [0.29, 0.717) is 16.9 Å². The highest BCUT2D eigenvalue weighted by atomic mass is 32.2. The van der Waals surface area contributed by atoms with Gasteiger partial charge in [0.2, 0.25) is 5.91 Å². The smallest absolute Gasteiger partial charge is 0.322 e. The van der Waals surface area contributed by atoms with E-state index in [1.54, 1.807) is 24.3 Å². The van der Waals surface area contributed by atoms with Crippen molar-refractivity contribution in [2.75, 3.05) is 16.0 Å². The molecule has 2 amide bonds. The molecule has 1 N–H and O–H groups in total. The number of amides is 2. The summed E-state index contributed by atoms with van der Waals surface area (Å²) in [5, 5.41) is 2.49. The molecule has 1 aliphatic rings. The first-order chi connectivity index (χ1) is 15.8. The summed E-state index contributed by atoms with van der Waals surface area (Å²) in [6, 6.07) is 19.1. The first-order valence-electron chi connectivity index (χ1n) is 10.4. The average molecular weight is 471 g/mol. The van der Waals surface area contributed by atoms with Gasteiger partial charge in [-0.15, -0.1) is 11.8 Å². The minimum absolute atomic E-state index is 0.169. The number of anilines is 2. The molecule has 4 rings (SSSR count). The highest BCUT2D eigenvalue weighted by molar-refractivity contribution is 8.00. The van der Waals surface area contributed by atoms with Crippen molar-refractivity contribution >= 4 is 35.0 Å². The van der Waals surface area contributed by atoms with Crippen LogP contribution >= 0.6 is 11.8 Å². The number of halogens is 3. The number of thioether (sulfide) groups is 1. The third kappa shape index (κ3) is 5.06. The summed E-state index contributed by atoms with van der Waals surface area (Å²) in [4.78, 5) is 26.5. The highest BCUT2D eigenvalue weighted by Crippen LogP contribution is 2.42. The maximum Gasteiger partial charge on any atom is 0.416 e. The van der Waals surface area contributed by atoms with Crippen molar-refractivity contribution in [3.05, 3.63) is 95.1 Å². The van der Waals surface area contributed by atoms with E-state index >= 15 is 0 Å². The van der Waals surface area contributed by atoms with Crippen LogP contribution in [-0.4, -0.2) is 17.6 Å². The van der Waals surface area contributed by atoms with Gasteiger partial charge in [0.1, 0.15) is 5.37 Å². The van der Waals surface area contributed by atoms with Gasteiger partial charge in [-0.3, -0.25) is 14.5 Å². The molecule has 0 aliphatic carbocycles. The van der Waals surface area contributed by atoms with Crippen LogP contribution in [0.25, 0.3) is 0 Å². The lowest BCUT2D eigenvalue weighted by atomic mass is 10.1. The first-order valence-corrected chi connectivity index (χ1v) is 11.4. The molecule has 0 aromatic heterocycles. The molecule has 8 heteroatoms. The molecule has 0 saturated carbocycles. The number of benzene rings is 3. The van der Waals surface area contributed by atoms with Crippen LogP contribution in [0.2, 0.25) is 0 Å². The molecule has 1 aliphatic heterocycles. The van der Waals surface area contributed by atoms with Crippen LogP contribution in [0.5, 0.6) is 0 Å². The number of carbonyl (C=O) groups excluding carboxylic acids is 2. The summed E-state index contributed by atoms with van der Waals surface area (Å²) < 4.78 is 38.6. The first kappa shape index (κ1) is 22.9. The number of hydrogen-bond donors (Lipinski definition) is 1. The molecule has 0 radical (unpaired) electrons. The van der Waals surface area contributed by atoms with Gasteiger partial charge in [-0.05, 0) is 66.1 Å². The van der Waals surface area contributed by atoms with Crippen molar-refractivity contribution in [1.82, 2.24) is 0 Å². The van der Waals surface area contributed by atoms with Crippen molar-refractivity contribution in [3.63, 3.8) is 0 Å². The Labute approximate surface area is 193 Å². The second-order valence-electron chi connectivity index (χ2n) is 7.60. The standard InChI is InChI=1S/C25H21F3N2O2S/c1-2-16-3-5-17(6-4-16)23(32)29-20-11-7-18(8-12-20)24-30(22(31)15-33-24)21-13-9-19(10-14-21)25(26,27)28/h3-14,24H,2,15H2,1H3,(H,29,32)/t24-/m1/s1. The number of hydrogen-bond acceptors (Lipinski definition) is 3. The van der Waals surface area contributed by atoms with Crippen molar-refractivity contribution in [1.29, 1.82) is 0 Å². The number of alkyl halides is 3. The average Bonchev–Trinajstić information content (AvgIpc) is 3.20. The van der Waals surface area contributed by atoms with Crippen molar-refractivity contribution < 1.29 is 22.8 Å². The zero-order valence-electron chi connectivity index (χ0n) is 17.7. The molecule has 1 heterocycles. The summed E-state index contributed by atoms with van der Waals surface area (Å²) in [7, 11) is 0. The minimum Gasteiger partial charge on any atom is -0.322 e. The summed E-state index contributed by atoms with van der Waals surface area (Å²) in [5.74, 6) is -0.155. The largest absolute Gasteiger partial charge is 0.416 e. The monoisotopic (exact) mass is 470 g/mol. The molecule has 4 nitrogen and oxygen atoms in total. The molecular formula is C25H21F3N2O2S. The topological polar surface area (TPSA) is 49.4 Å². The molecule has 3 aromatic rings. The molecular weight excluding hydrogens is 449 g/mol. The van der Waals surface area contributed by atoms with Crippen molar-refractivity contribution in [2.45, 2.75) is 24.9 Å². The third-order valence-electron chi connectivity index (χ3n) is 5.42. The molecule has 0 bridgehead atoms. The second-order valence-corrected chi connectivity index (χ2v) is 8.67. The SMILES string of the molecule is CCc1ccc(C(=O)Nc2ccc([C@H]3SCC(=O)N3c3ccc(C(F)(F)F)cc3)cc2)cc1. The zero-order valence-corrected chi connectivity index (χ0v) is 18.5. The Morgan fingerprint density at radius 1 is 1.00 bits per heavy atom. The Bertz CT molecular complexity index is 1140. The molecule has 0 spiro atoms. The Kier molecular flexibility index (Phi) is 6.47. The van der Waals surface area contributed by atoms with Gasteiger partial charge in [0.05, 0.1) is 11.3 Å². The molecule has 0 unspecified atom stereocenters. The van der Waals surface area contributed by atoms with Gasteiger partial charge in [0.15, 0.2) is 0 Å². The zero-order chi connectivity index (χ0) is 23.6. The van der Waals surface area contributed by atoms with Crippen molar-refractivity contribution in [2.24, 2.45) is 0 Å². The minimum atomic E-state index is -4.43. The van der Waals surface area contributed by atoms with Gasteiger partial charge in [-0.2, -0.15) is 13.2 Å². The van der Waals surface area contributed by atoms with Gasteiger partial charge < -0.3 is 5.32 Å². The molecule has 1 atom stereocenters. The second kappa shape index (κ2) is 9.31. The molecule has 1 fully saturated rings. The molecule has 33 heavy (non-hydrogen) atoms. The predicted molar refractivity (Wildman–Crippen MR) is 124 cm³/mol. The van der Waals surface area contributed by atoms with E-state index in [2.05, 4.69) is 5.32 Å². The number of nitrogens with zero attached hydrogens (tertiary/aromatic N) is 1.